The van der Waals surface area contributed by atoms with Crippen LogP contribution in [0.15, 0.2) is 41.7 Å². The number of para-hydroxylation sites is 2. The van der Waals surface area contributed by atoms with Gasteiger partial charge in [0.25, 0.3) is 5.91 Å². The molecule has 0 unspecified atom stereocenters. The van der Waals surface area contributed by atoms with Gasteiger partial charge in [-0.1, -0.05) is 18.2 Å². The van der Waals surface area contributed by atoms with E-state index in [2.05, 4.69) is 34.9 Å². The molecule has 1 amide bonds. The van der Waals surface area contributed by atoms with Crippen LogP contribution in [-0.4, -0.2) is 64.3 Å². The van der Waals surface area contributed by atoms with Crippen molar-refractivity contribution in [1.29, 1.82) is 0 Å². The minimum atomic E-state index is -0.0764. The van der Waals surface area contributed by atoms with E-state index in [1.54, 1.807) is 0 Å². The molecule has 4 heterocycles. The van der Waals surface area contributed by atoms with Crippen molar-refractivity contribution in [3.63, 3.8) is 0 Å². The van der Waals surface area contributed by atoms with Gasteiger partial charge in [-0.3, -0.25) is 9.36 Å². The van der Waals surface area contributed by atoms with Crippen molar-refractivity contribution in [2.24, 2.45) is 0 Å². The molecular formula is C26H33N5O3. The van der Waals surface area contributed by atoms with Crippen molar-refractivity contribution in [2.45, 2.75) is 39.3 Å². The van der Waals surface area contributed by atoms with Crippen LogP contribution < -0.4 is 10.6 Å². The number of carbonyl (C=O) groups is 1. The van der Waals surface area contributed by atoms with E-state index in [1.807, 2.05) is 39.8 Å². The highest BCUT2D eigenvalue weighted by Gasteiger charge is 2.32. The molecule has 0 saturated carbocycles. The first-order valence-electron chi connectivity index (χ1n) is 12.1. The standard InChI is InChI=1S/C26H33N5O3/c1-4-11-30-19(3)23(28-14-16-34-17-15-28)18(2)24(30)25(32)29-12-9-20(10-13-29)31-22-8-6-5-7-21(22)27-26(31)33/h4-8,20H,1,9-17H2,2-3H3,(H,27,33). The van der Waals surface area contributed by atoms with E-state index in [0.29, 0.717) is 32.8 Å². The van der Waals surface area contributed by atoms with Gasteiger partial charge in [0.05, 0.1) is 29.9 Å². The molecule has 2 saturated heterocycles. The molecule has 2 fully saturated rings. The normalized spacial score (nSPS) is 17.5. The number of H-pyrrole nitrogens is 1. The average molecular weight is 464 g/mol. The van der Waals surface area contributed by atoms with Crippen LogP contribution in [0.3, 0.4) is 0 Å². The van der Waals surface area contributed by atoms with Crippen molar-refractivity contribution in [1.82, 2.24) is 19.0 Å². The molecule has 8 heteroatoms. The first kappa shape index (κ1) is 22.5. The van der Waals surface area contributed by atoms with Gasteiger partial charge in [0.1, 0.15) is 5.69 Å². The maximum absolute atomic E-state index is 13.8. The molecule has 2 aliphatic heterocycles. The van der Waals surface area contributed by atoms with Crippen molar-refractivity contribution < 1.29 is 9.53 Å². The quantitative estimate of drug-likeness (QED) is 0.590. The van der Waals surface area contributed by atoms with Crippen LogP contribution in [0, 0.1) is 13.8 Å². The predicted octanol–water partition coefficient (Wildman–Crippen LogP) is 3.25. The fraction of sp³-hybridized carbons (Fsp3) is 0.462. The first-order valence-corrected chi connectivity index (χ1v) is 12.1. The van der Waals surface area contributed by atoms with Crippen LogP contribution in [-0.2, 0) is 11.3 Å². The lowest BCUT2D eigenvalue weighted by Crippen LogP contribution is -2.41. The Kier molecular flexibility index (Phi) is 6.08. The first-order chi connectivity index (χ1) is 16.5. The smallest absolute Gasteiger partial charge is 0.326 e. The summed E-state index contributed by atoms with van der Waals surface area (Å²) in [5.41, 5.74) is 5.74. The summed E-state index contributed by atoms with van der Waals surface area (Å²) in [6, 6.07) is 7.87. The summed E-state index contributed by atoms with van der Waals surface area (Å²) in [6.07, 6.45) is 3.36. The molecule has 2 aromatic heterocycles. The van der Waals surface area contributed by atoms with Crippen molar-refractivity contribution in [3.05, 3.63) is 64.4 Å². The number of carbonyl (C=O) groups excluding carboxylic acids is 1. The summed E-state index contributed by atoms with van der Waals surface area (Å²) in [4.78, 5) is 33.6. The second-order valence-corrected chi connectivity index (χ2v) is 9.25. The minimum absolute atomic E-state index is 0.0617. The molecule has 0 atom stereocenters. The van der Waals surface area contributed by atoms with Crippen LogP contribution in [0.2, 0.25) is 0 Å². The number of hydrogen-bond donors (Lipinski definition) is 1. The van der Waals surface area contributed by atoms with Crippen LogP contribution in [0.4, 0.5) is 5.69 Å². The van der Waals surface area contributed by atoms with E-state index in [9.17, 15) is 9.59 Å². The molecule has 2 aliphatic rings. The lowest BCUT2D eigenvalue weighted by molar-refractivity contribution is 0.0683. The Morgan fingerprint density at radius 1 is 1.15 bits per heavy atom. The summed E-state index contributed by atoms with van der Waals surface area (Å²) < 4.78 is 9.51. The van der Waals surface area contributed by atoms with E-state index >= 15 is 0 Å². The molecule has 34 heavy (non-hydrogen) atoms. The van der Waals surface area contributed by atoms with Gasteiger partial charge < -0.3 is 24.1 Å². The number of likely N-dealkylation sites (tertiary alicyclic amines) is 1. The number of fused-ring (bicyclic) bond motifs is 1. The van der Waals surface area contributed by atoms with Gasteiger partial charge in [0.2, 0.25) is 0 Å². The molecule has 8 nitrogen and oxygen atoms in total. The number of amides is 1. The number of ether oxygens (including phenoxy) is 1. The number of piperidine rings is 1. The van der Waals surface area contributed by atoms with Crippen molar-refractivity contribution in [3.8, 4) is 0 Å². The number of benzene rings is 1. The highest BCUT2D eigenvalue weighted by Crippen LogP contribution is 2.33. The topological polar surface area (TPSA) is 75.5 Å². The largest absolute Gasteiger partial charge is 0.378 e. The van der Waals surface area contributed by atoms with Gasteiger partial charge in [-0.05, 0) is 38.8 Å². The number of aromatic nitrogens is 3. The van der Waals surface area contributed by atoms with Crippen molar-refractivity contribution >= 4 is 22.6 Å². The Morgan fingerprint density at radius 3 is 2.56 bits per heavy atom. The number of allylic oxidation sites excluding steroid dienone is 1. The summed E-state index contributed by atoms with van der Waals surface area (Å²) in [5.74, 6) is 0.0617. The molecular weight excluding hydrogens is 430 g/mol. The van der Waals surface area contributed by atoms with Gasteiger partial charge in [0.15, 0.2) is 0 Å². The zero-order valence-electron chi connectivity index (χ0n) is 20.0. The molecule has 0 spiro atoms. The van der Waals surface area contributed by atoms with Gasteiger partial charge in [-0.2, -0.15) is 0 Å². The lowest BCUT2D eigenvalue weighted by atomic mass is 10.0. The number of hydrogen-bond acceptors (Lipinski definition) is 4. The third-order valence-electron chi connectivity index (χ3n) is 7.31. The van der Waals surface area contributed by atoms with E-state index in [0.717, 1.165) is 59.6 Å². The number of nitrogens with zero attached hydrogens (tertiary/aromatic N) is 4. The number of anilines is 1. The monoisotopic (exact) mass is 463 g/mol. The Balaban J connectivity index is 1.39. The van der Waals surface area contributed by atoms with Crippen LogP contribution in [0.25, 0.3) is 11.0 Å². The maximum Gasteiger partial charge on any atom is 0.326 e. The van der Waals surface area contributed by atoms with Gasteiger partial charge in [-0.25, -0.2) is 4.79 Å². The van der Waals surface area contributed by atoms with E-state index in [4.69, 9.17) is 4.74 Å². The lowest BCUT2D eigenvalue weighted by Gasteiger charge is -2.33. The van der Waals surface area contributed by atoms with E-state index in [1.165, 1.54) is 0 Å². The second kappa shape index (κ2) is 9.18. The summed E-state index contributed by atoms with van der Waals surface area (Å²) in [6.45, 7) is 13.0. The summed E-state index contributed by atoms with van der Waals surface area (Å²) >= 11 is 0. The highest BCUT2D eigenvalue weighted by atomic mass is 16.5. The number of imidazole rings is 1. The second-order valence-electron chi connectivity index (χ2n) is 9.25. The fourth-order valence-corrected chi connectivity index (χ4v) is 5.68. The van der Waals surface area contributed by atoms with E-state index < -0.39 is 0 Å². The number of morpholine rings is 1. The number of nitrogens with one attached hydrogen (secondary N) is 1. The Labute approximate surface area is 199 Å². The van der Waals surface area contributed by atoms with Crippen LogP contribution in [0.1, 0.15) is 40.6 Å². The van der Waals surface area contributed by atoms with Crippen molar-refractivity contribution in [2.75, 3.05) is 44.3 Å². The molecule has 1 aromatic carbocycles. The molecule has 0 radical (unpaired) electrons. The fourth-order valence-electron chi connectivity index (χ4n) is 5.68. The molecule has 180 valence electrons. The number of rotatable bonds is 5. The Hall–Kier alpha value is -3.26. The van der Waals surface area contributed by atoms with Gasteiger partial charge in [-0.15, -0.1) is 6.58 Å². The molecule has 5 rings (SSSR count). The van der Waals surface area contributed by atoms with Crippen LogP contribution in [0.5, 0.6) is 0 Å². The average Bonchev–Trinajstić information content (AvgIpc) is 3.32. The molecule has 0 bridgehead atoms. The zero-order valence-corrected chi connectivity index (χ0v) is 20.0. The van der Waals surface area contributed by atoms with Gasteiger partial charge >= 0.3 is 5.69 Å². The third kappa shape index (κ3) is 3.76. The van der Waals surface area contributed by atoms with Crippen LogP contribution >= 0.6 is 0 Å². The number of aromatic amines is 1. The zero-order chi connectivity index (χ0) is 23.8. The summed E-state index contributed by atoms with van der Waals surface area (Å²) in [5, 5.41) is 0. The van der Waals surface area contributed by atoms with E-state index in [-0.39, 0.29) is 17.6 Å². The Morgan fingerprint density at radius 2 is 1.85 bits per heavy atom. The van der Waals surface area contributed by atoms with Gasteiger partial charge in [0, 0.05) is 50.0 Å². The minimum Gasteiger partial charge on any atom is -0.378 e. The Bertz CT molecular complexity index is 1270. The third-order valence-corrected chi connectivity index (χ3v) is 7.31. The highest BCUT2D eigenvalue weighted by molar-refractivity contribution is 5.96. The molecule has 0 aliphatic carbocycles. The molecule has 1 N–H and O–H groups in total. The maximum atomic E-state index is 13.8. The molecule has 3 aromatic rings. The predicted molar refractivity (Wildman–Crippen MR) is 134 cm³/mol. The summed E-state index contributed by atoms with van der Waals surface area (Å²) in [7, 11) is 0. The SMILES string of the molecule is C=CCn1c(C)c(N2CCOCC2)c(C)c1C(=O)N1CCC(n2c(=O)[nH]c3ccccc32)CC1.